The third-order valence-electron chi connectivity index (χ3n) is 3.33. The van der Waals surface area contributed by atoms with Gasteiger partial charge in [0.15, 0.2) is 24.3 Å². The Hall–Kier alpha value is -2.80. The van der Waals surface area contributed by atoms with E-state index in [1.807, 2.05) is 0 Å². The Morgan fingerprint density at radius 1 is 1.15 bits per heavy atom. The number of amides is 2. The number of hydrogen-bond donors (Lipinski definition) is 2. The molecule has 2 rings (SSSR count). The highest BCUT2D eigenvalue weighted by Gasteiger charge is 2.17. The molecule has 1 atom stereocenters. The molecule has 2 N–H and O–H groups in total. The van der Waals surface area contributed by atoms with Crippen molar-refractivity contribution < 1.29 is 23.5 Å². The molecule has 2 aromatic carbocycles. The monoisotopic (exact) mass is 380 g/mol. The van der Waals surface area contributed by atoms with E-state index in [1.165, 1.54) is 25.1 Å². The Balaban J connectivity index is 1.77. The van der Waals surface area contributed by atoms with Gasteiger partial charge in [0.2, 0.25) is 0 Å². The van der Waals surface area contributed by atoms with Crippen molar-refractivity contribution in [3.63, 3.8) is 0 Å². The molecule has 138 valence electrons. The fourth-order valence-electron chi connectivity index (χ4n) is 1.97. The molecule has 2 aromatic rings. The Morgan fingerprint density at radius 2 is 1.88 bits per heavy atom. The van der Waals surface area contributed by atoms with Crippen LogP contribution in [0.3, 0.4) is 0 Å². The van der Waals surface area contributed by atoms with E-state index in [2.05, 4.69) is 10.9 Å². The van der Waals surface area contributed by atoms with Crippen LogP contribution < -0.4 is 20.3 Å². The van der Waals surface area contributed by atoms with E-state index in [9.17, 15) is 14.0 Å². The minimum absolute atomic E-state index is 0.0528. The van der Waals surface area contributed by atoms with Crippen molar-refractivity contribution >= 4 is 23.4 Å². The number of ether oxygens (including phenoxy) is 2. The molecule has 0 aliphatic carbocycles. The standard InChI is InChI=1S/C18H18ClFN2O4/c1-11-9-13(19)7-8-15(11)25-10-17(23)21-22-18(24)12(2)26-16-6-4-3-5-14(16)20/h3-9,12H,10H2,1-2H3,(H,21,23)(H,22,24)/t12-/m0/s1. The lowest BCUT2D eigenvalue weighted by Gasteiger charge is -2.15. The van der Waals surface area contributed by atoms with Gasteiger partial charge < -0.3 is 9.47 Å². The average Bonchev–Trinajstić information content (AvgIpc) is 2.60. The lowest BCUT2D eigenvalue weighted by molar-refractivity contribution is -0.133. The number of nitrogens with one attached hydrogen (secondary N) is 2. The number of hydrogen-bond acceptors (Lipinski definition) is 4. The lowest BCUT2D eigenvalue weighted by atomic mass is 10.2. The zero-order chi connectivity index (χ0) is 19.1. The van der Waals surface area contributed by atoms with Gasteiger partial charge in [-0.1, -0.05) is 23.7 Å². The van der Waals surface area contributed by atoms with Crippen LogP contribution in [-0.2, 0) is 9.59 Å². The van der Waals surface area contributed by atoms with Gasteiger partial charge in [-0.3, -0.25) is 20.4 Å². The molecule has 0 aliphatic rings. The topological polar surface area (TPSA) is 76.7 Å². The second-order valence-corrected chi connectivity index (χ2v) is 5.86. The van der Waals surface area contributed by atoms with Crippen molar-refractivity contribution in [3.8, 4) is 11.5 Å². The highest BCUT2D eigenvalue weighted by atomic mass is 35.5. The fraction of sp³-hybridized carbons (Fsp3) is 0.222. The largest absolute Gasteiger partial charge is 0.483 e. The number of carbonyl (C=O) groups is 2. The zero-order valence-electron chi connectivity index (χ0n) is 14.2. The zero-order valence-corrected chi connectivity index (χ0v) is 15.0. The maximum atomic E-state index is 13.5. The van der Waals surface area contributed by atoms with Gasteiger partial charge in [0.25, 0.3) is 11.8 Å². The van der Waals surface area contributed by atoms with Crippen molar-refractivity contribution in [1.82, 2.24) is 10.9 Å². The maximum absolute atomic E-state index is 13.5. The highest BCUT2D eigenvalue weighted by Crippen LogP contribution is 2.21. The summed E-state index contributed by atoms with van der Waals surface area (Å²) in [7, 11) is 0. The van der Waals surface area contributed by atoms with Gasteiger partial charge in [-0.25, -0.2) is 4.39 Å². The van der Waals surface area contributed by atoms with E-state index >= 15 is 0 Å². The molecule has 0 unspecified atom stereocenters. The molecule has 0 aromatic heterocycles. The van der Waals surface area contributed by atoms with Crippen LogP contribution >= 0.6 is 11.6 Å². The number of halogens is 2. The average molecular weight is 381 g/mol. The van der Waals surface area contributed by atoms with Gasteiger partial charge in [0.05, 0.1) is 0 Å². The molecule has 6 nitrogen and oxygen atoms in total. The van der Waals surface area contributed by atoms with Crippen molar-refractivity contribution in [2.24, 2.45) is 0 Å². The molecular formula is C18H18ClFN2O4. The summed E-state index contributed by atoms with van der Waals surface area (Å²) >= 11 is 5.84. The number of hydrazine groups is 1. The first-order valence-electron chi connectivity index (χ1n) is 7.75. The minimum atomic E-state index is -1.01. The molecule has 2 amide bonds. The van der Waals surface area contributed by atoms with Crippen molar-refractivity contribution in [2.45, 2.75) is 20.0 Å². The van der Waals surface area contributed by atoms with Gasteiger partial charge in [0.1, 0.15) is 5.75 Å². The van der Waals surface area contributed by atoms with E-state index < -0.39 is 23.7 Å². The van der Waals surface area contributed by atoms with Crippen molar-refractivity contribution in [2.75, 3.05) is 6.61 Å². The molecule has 0 radical (unpaired) electrons. The minimum Gasteiger partial charge on any atom is -0.483 e. The summed E-state index contributed by atoms with van der Waals surface area (Å²) in [4.78, 5) is 23.7. The van der Waals surface area contributed by atoms with E-state index in [0.29, 0.717) is 10.8 Å². The smallest absolute Gasteiger partial charge is 0.279 e. The molecule has 0 bridgehead atoms. The molecule has 26 heavy (non-hydrogen) atoms. The summed E-state index contributed by atoms with van der Waals surface area (Å²) in [6.45, 7) is 2.93. The molecular weight excluding hydrogens is 363 g/mol. The molecule has 0 saturated carbocycles. The third-order valence-corrected chi connectivity index (χ3v) is 3.57. The van der Waals surface area contributed by atoms with Crippen LogP contribution in [0.4, 0.5) is 4.39 Å². The maximum Gasteiger partial charge on any atom is 0.279 e. The summed E-state index contributed by atoms with van der Waals surface area (Å²) in [6, 6.07) is 10.7. The fourth-order valence-corrected chi connectivity index (χ4v) is 2.20. The second-order valence-electron chi connectivity index (χ2n) is 5.43. The van der Waals surface area contributed by atoms with E-state index in [1.54, 1.807) is 31.2 Å². The van der Waals surface area contributed by atoms with Crippen LogP contribution in [0.25, 0.3) is 0 Å². The van der Waals surface area contributed by atoms with Gasteiger partial charge >= 0.3 is 0 Å². The van der Waals surface area contributed by atoms with E-state index in [-0.39, 0.29) is 12.4 Å². The number of aryl methyl sites for hydroxylation is 1. The number of carbonyl (C=O) groups excluding carboxylic acids is 2. The third kappa shape index (κ3) is 5.63. The van der Waals surface area contributed by atoms with Crippen molar-refractivity contribution in [1.29, 1.82) is 0 Å². The first-order chi connectivity index (χ1) is 12.4. The SMILES string of the molecule is Cc1cc(Cl)ccc1OCC(=O)NNC(=O)[C@H](C)Oc1ccccc1F. The van der Waals surface area contributed by atoms with Crippen LogP contribution in [0.1, 0.15) is 12.5 Å². The predicted molar refractivity (Wildman–Crippen MR) is 94.5 cm³/mol. The van der Waals surface area contributed by atoms with Gasteiger partial charge in [0, 0.05) is 5.02 Å². The summed E-state index contributed by atoms with van der Waals surface area (Å²) in [6.07, 6.45) is -1.01. The van der Waals surface area contributed by atoms with Crippen LogP contribution in [0.2, 0.25) is 5.02 Å². The highest BCUT2D eigenvalue weighted by molar-refractivity contribution is 6.30. The van der Waals surface area contributed by atoms with Crippen molar-refractivity contribution in [3.05, 3.63) is 58.9 Å². The first-order valence-corrected chi connectivity index (χ1v) is 8.13. The molecule has 0 fully saturated rings. The normalized spacial score (nSPS) is 11.4. The first kappa shape index (κ1) is 19.5. The Morgan fingerprint density at radius 3 is 2.58 bits per heavy atom. The van der Waals surface area contributed by atoms with Gasteiger partial charge in [-0.05, 0) is 49.7 Å². The van der Waals surface area contributed by atoms with E-state index in [4.69, 9.17) is 21.1 Å². The summed E-state index contributed by atoms with van der Waals surface area (Å²) in [5, 5.41) is 0.565. The Kier molecular flexibility index (Phi) is 6.80. The summed E-state index contributed by atoms with van der Waals surface area (Å²) in [5.41, 5.74) is 5.18. The van der Waals surface area contributed by atoms with Crippen LogP contribution in [0.5, 0.6) is 11.5 Å². The molecule has 8 heteroatoms. The molecule has 0 heterocycles. The second kappa shape index (κ2) is 9.05. The lowest BCUT2D eigenvalue weighted by Crippen LogP contribution is -2.48. The van der Waals surface area contributed by atoms with Crippen LogP contribution in [0.15, 0.2) is 42.5 Å². The molecule has 0 saturated heterocycles. The number of rotatable bonds is 6. The molecule has 0 spiro atoms. The molecule has 0 aliphatic heterocycles. The number of benzene rings is 2. The number of para-hydroxylation sites is 1. The predicted octanol–water partition coefficient (Wildman–Crippen LogP) is 2.78. The van der Waals surface area contributed by atoms with Gasteiger partial charge in [-0.2, -0.15) is 0 Å². The summed E-state index contributed by atoms with van der Waals surface area (Å²) < 4.78 is 24.1. The Bertz CT molecular complexity index is 801. The van der Waals surface area contributed by atoms with Crippen LogP contribution in [0, 0.1) is 12.7 Å². The Labute approximate surface area is 155 Å². The quantitative estimate of drug-likeness (QED) is 0.755. The summed E-state index contributed by atoms with van der Waals surface area (Å²) in [5.74, 6) is -1.33. The van der Waals surface area contributed by atoms with Gasteiger partial charge in [-0.15, -0.1) is 0 Å². The van der Waals surface area contributed by atoms with Crippen LogP contribution in [-0.4, -0.2) is 24.5 Å². The van der Waals surface area contributed by atoms with E-state index in [0.717, 1.165) is 5.56 Å².